The highest BCUT2D eigenvalue weighted by Gasteiger charge is 2.28. The predicted molar refractivity (Wildman–Crippen MR) is 73.1 cm³/mol. The number of rotatable bonds is 6. The topological polar surface area (TPSA) is 70.1 Å². The summed E-state index contributed by atoms with van der Waals surface area (Å²) in [6.07, 6.45) is 2.82. The number of hydrogen-bond acceptors (Lipinski definition) is 5. The van der Waals surface area contributed by atoms with E-state index in [0.29, 0.717) is 5.92 Å². The van der Waals surface area contributed by atoms with E-state index in [4.69, 9.17) is 0 Å². The molecule has 1 aromatic heterocycles. The minimum atomic E-state index is -0.286. The van der Waals surface area contributed by atoms with Crippen molar-refractivity contribution in [3.8, 4) is 0 Å². The van der Waals surface area contributed by atoms with Gasteiger partial charge < -0.3 is 15.7 Å². The number of aliphatic hydroxyl groups excluding tert-OH is 1. The molecule has 1 saturated carbocycles. The molecule has 5 nitrogen and oxygen atoms in total. The quantitative estimate of drug-likeness (QED) is 0.719. The molecule has 0 aliphatic heterocycles. The maximum Gasteiger partial charge on any atom is 0.136 e. The van der Waals surface area contributed by atoms with E-state index in [0.717, 1.165) is 36.0 Å². The summed E-state index contributed by atoms with van der Waals surface area (Å²) >= 11 is 0. The van der Waals surface area contributed by atoms with Gasteiger partial charge in [0.2, 0.25) is 0 Å². The van der Waals surface area contributed by atoms with Gasteiger partial charge in [-0.05, 0) is 33.1 Å². The van der Waals surface area contributed by atoms with Crippen LogP contribution < -0.4 is 10.6 Å². The molecule has 0 amide bonds. The van der Waals surface area contributed by atoms with Gasteiger partial charge in [-0.2, -0.15) is 0 Å². The Morgan fingerprint density at radius 3 is 2.56 bits per heavy atom. The fraction of sp³-hybridized carbons (Fsp3) is 0.692. The van der Waals surface area contributed by atoms with Crippen LogP contribution in [0.15, 0.2) is 0 Å². The van der Waals surface area contributed by atoms with Crippen molar-refractivity contribution in [1.82, 2.24) is 9.97 Å². The van der Waals surface area contributed by atoms with E-state index in [9.17, 15) is 5.11 Å². The van der Waals surface area contributed by atoms with Gasteiger partial charge in [-0.25, -0.2) is 9.97 Å². The molecule has 1 fully saturated rings. The Bertz CT molecular complexity index is 416. The second-order valence-corrected chi connectivity index (χ2v) is 4.99. The fourth-order valence-corrected chi connectivity index (χ4v) is 1.87. The van der Waals surface area contributed by atoms with E-state index in [1.807, 2.05) is 14.0 Å². The highest BCUT2D eigenvalue weighted by Crippen LogP contribution is 2.39. The second kappa shape index (κ2) is 5.52. The van der Waals surface area contributed by atoms with Crippen molar-refractivity contribution < 1.29 is 5.11 Å². The Hall–Kier alpha value is -1.36. The summed E-state index contributed by atoms with van der Waals surface area (Å²) in [4.78, 5) is 9.14. The molecular weight excluding hydrogens is 228 g/mol. The number of anilines is 2. The average molecular weight is 250 g/mol. The van der Waals surface area contributed by atoms with Crippen molar-refractivity contribution >= 4 is 11.6 Å². The zero-order chi connectivity index (χ0) is 13.1. The summed E-state index contributed by atoms with van der Waals surface area (Å²) in [6.45, 7) is 4.53. The number of aromatic nitrogens is 2. The summed E-state index contributed by atoms with van der Waals surface area (Å²) in [6, 6.07) is 0. The van der Waals surface area contributed by atoms with Gasteiger partial charge in [-0.15, -0.1) is 0 Å². The molecule has 0 bridgehead atoms. The van der Waals surface area contributed by atoms with Gasteiger partial charge >= 0.3 is 0 Å². The number of hydrogen-bond donors (Lipinski definition) is 3. The van der Waals surface area contributed by atoms with Gasteiger partial charge in [0.05, 0.1) is 6.10 Å². The maximum absolute atomic E-state index is 9.27. The van der Waals surface area contributed by atoms with Crippen LogP contribution in [0.5, 0.6) is 0 Å². The van der Waals surface area contributed by atoms with Crippen LogP contribution in [0.25, 0.3) is 0 Å². The molecule has 1 aliphatic carbocycles. The number of aliphatic hydroxyl groups is 1. The van der Waals surface area contributed by atoms with E-state index in [-0.39, 0.29) is 6.10 Å². The van der Waals surface area contributed by atoms with E-state index in [1.54, 1.807) is 6.92 Å². The standard InChI is InChI=1S/C13H22N4O/c1-8(18)6-7-15-12-9(2)11(14-3)16-13(17-12)10-4-5-10/h8,10,18H,4-7H2,1-3H3,(H2,14,15,16,17). The first-order chi connectivity index (χ1) is 8.61. The van der Waals surface area contributed by atoms with Gasteiger partial charge in [0, 0.05) is 25.1 Å². The number of nitrogens with zero attached hydrogens (tertiary/aromatic N) is 2. The largest absolute Gasteiger partial charge is 0.393 e. The molecule has 1 aliphatic rings. The Morgan fingerprint density at radius 1 is 1.33 bits per heavy atom. The molecule has 0 saturated heterocycles. The van der Waals surface area contributed by atoms with Gasteiger partial charge in [0.25, 0.3) is 0 Å². The Morgan fingerprint density at radius 2 is 2.00 bits per heavy atom. The molecule has 2 rings (SSSR count). The van der Waals surface area contributed by atoms with Crippen molar-refractivity contribution in [1.29, 1.82) is 0 Å². The molecule has 0 radical (unpaired) electrons. The lowest BCUT2D eigenvalue weighted by Crippen LogP contribution is -2.13. The first kappa shape index (κ1) is 13.1. The normalized spacial score (nSPS) is 16.4. The van der Waals surface area contributed by atoms with Crippen LogP contribution in [0.2, 0.25) is 0 Å². The minimum Gasteiger partial charge on any atom is -0.393 e. The van der Waals surface area contributed by atoms with E-state index < -0.39 is 0 Å². The van der Waals surface area contributed by atoms with Crippen LogP contribution in [0, 0.1) is 6.92 Å². The van der Waals surface area contributed by atoms with Crippen LogP contribution in [0.1, 0.15) is 43.5 Å². The van der Waals surface area contributed by atoms with E-state index >= 15 is 0 Å². The van der Waals surface area contributed by atoms with E-state index in [1.165, 1.54) is 12.8 Å². The summed E-state index contributed by atoms with van der Waals surface area (Å²) in [5, 5.41) is 15.7. The zero-order valence-corrected chi connectivity index (χ0v) is 11.3. The van der Waals surface area contributed by atoms with Crippen molar-refractivity contribution in [3.63, 3.8) is 0 Å². The smallest absolute Gasteiger partial charge is 0.136 e. The minimum absolute atomic E-state index is 0.286. The third-order valence-electron chi connectivity index (χ3n) is 3.20. The Kier molecular flexibility index (Phi) is 4.01. The maximum atomic E-state index is 9.27. The van der Waals surface area contributed by atoms with Crippen molar-refractivity contribution in [2.45, 2.75) is 45.1 Å². The molecule has 5 heteroatoms. The molecule has 18 heavy (non-hydrogen) atoms. The van der Waals surface area contributed by atoms with Crippen LogP contribution in [0.3, 0.4) is 0 Å². The molecule has 1 unspecified atom stereocenters. The van der Waals surface area contributed by atoms with Crippen LogP contribution >= 0.6 is 0 Å². The van der Waals surface area contributed by atoms with Crippen LogP contribution in [0.4, 0.5) is 11.6 Å². The van der Waals surface area contributed by atoms with Gasteiger partial charge in [-0.3, -0.25) is 0 Å². The third-order valence-corrected chi connectivity index (χ3v) is 3.20. The molecule has 100 valence electrons. The van der Waals surface area contributed by atoms with Gasteiger partial charge in [0.1, 0.15) is 17.5 Å². The second-order valence-electron chi connectivity index (χ2n) is 4.99. The zero-order valence-electron chi connectivity index (χ0n) is 11.3. The van der Waals surface area contributed by atoms with Gasteiger partial charge in [0.15, 0.2) is 0 Å². The van der Waals surface area contributed by atoms with Crippen molar-refractivity contribution in [2.75, 3.05) is 24.2 Å². The Labute approximate surface area is 108 Å². The highest BCUT2D eigenvalue weighted by atomic mass is 16.3. The van der Waals surface area contributed by atoms with Crippen LogP contribution in [-0.2, 0) is 0 Å². The summed E-state index contributed by atoms with van der Waals surface area (Å²) in [7, 11) is 1.88. The molecule has 1 aromatic rings. The molecule has 0 aromatic carbocycles. The molecule has 1 heterocycles. The molecule has 3 N–H and O–H groups in total. The summed E-state index contributed by atoms with van der Waals surface area (Å²) in [5.41, 5.74) is 1.03. The Balaban J connectivity index is 2.13. The molecule has 1 atom stereocenters. The first-order valence-corrected chi connectivity index (χ1v) is 6.60. The fourth-order valence-electron chi connectivity index (χ4n) is 1.87. The van der Waals surface area contributed by atoms with Crippen molar-refractivity contribution in [2.24, 2.45) is 0 Å². The highest BCUT2D eigenvalue weighted by molar-refractivity contribution is 5.57. The lowest BCUT2D eigenvalue weighted by Gasteiger charge is -2.14. The lowest BCUT2D eigenvalue weighted by atomic mass is 10.2. The third kappa shape index (κ3) is 3.10. The number of nitrogens with one attached hydrogen (secondary N) is 2. The first-order valence-electron chi connectivity index (χ1n) is 6.60. The van der Waals surface area contributed by atoms with Gasteiger partial charge in [-0.1, -0.05) is 0 Å². The SMILES string of the molecule is CNc1nc(C2CC2)nc(NCCC(C)O)c1C. The monoisotopic (exact) mass is 250 g/mol. The summed E-state index contributed by atoms with van der Waals surface area (Å²) < 4.78 is 0. The molecule has 0 spiro atoms. The summed E-state index contributed by atoms with van der Waals surface area (Å²) in [5.74, 6) is 3.25. The lowest BCUT2D eigenvalue weighted by molar-refractivity contribution is 0.188. The van der Waals surface area contributed by atoms with Crippen LogP contribution in [-0.4, -0.2) is 34.8 Å². The van der Waals surface area contributed by atoms with E-state index in [2.05, 4.69) is 20.6 Å². The van der Waals surface area contributed by atoms with Crippen molar-refractivity contribution in [3.05, 3.63) is 11.4 Å². The average Bonchev–Trinajstić information content (AvgIpc) is 3.15. The predicted octanol–water partition coefficient (Wildman–Crippen LogP) is 1.89. The molecular formula is C13H22N4O.